The molecular formula is C22H16N2O6. The Hall–Kier alpha value is -4.07. The molecule has 150 valence electrons. The second-order valence-corrected chi connectivity index (χ2v) is 6.75. The van der Waals surface area contributed by atoms with E-state index in [1.807, 2.05) is 0 Å². The number of aliphatic hydroxyl groups is 1. The SMILES string of the molecule is O=C1C(=O)N(c2ccc3c(c2)OCCO3)C(c2ccco2)/C1=C(/O)c1ccncc1. The zero-order chi connectivity index (χ0) is 20.7. The second-order valence-electron chi connectivity index (χ2n) is 6.75. The molecule has 0 radical (unpaired) electrons. The fourth-order valence-electron chi connectivity index (χ4n) is 3.66. The molecule has 0 bridgehead atoms. The van der Waals surface area contributed by atoms with Crippen molar-refractivity contribution in [2.45, 2.75) is 6.04 Å². The number of ketones is 1. The summed E-state index contributed by atoms with van der Waals surface area (Å²) in [6, 6.07) is 10.5. The summed E-state index contributed by atoms with van der Waals surface area (Å²) in [6.45, 7) is 0.827. The predicted molar refractivity (Wildman–Crippen MR) is 105 cm³/mol. The van der Waals surface area contributed by atoms with Crippen molar-refractivity contribution in [2.75, 3.05) is 18.1 Å². The van der Waals surface area contributed by atoms with Gasteiger partial charge in [-0.3, -0.25) is 19.5 Å². The summed E-state index contributed by atoms with van der Waals surface area (Å²) >= 11 is 0. The number of anilines is 1. The van der Waals surface area contributed by atoms with Crippen molar-refractivity contribution in [3.8, 4) is 11.5 Å². The van der Waals surface area contributed by atoms with Gasteiger partial charge in [-0.1, -0.05) is 0 Å². The topological polar surface area (TPSA) is 102 Å². The van der Waals surface area contributed by atoms with Crippen LogP contribution in [0.1, 0.15) is 17.4 Å². The largest absolute Gasteiger partial charge is 0.507 e. The van der Waals surface area contributed by atoms with Crippen molar-refractivity contribution in [3.05, 3.63) is 78.0 Å². The smallest absolute Gasteiger partial charge is 0.300 e. The van der Waals surface area contributed by atoms with E-state index in [2.05, 4.69) is 4.98 Å². The van der Waals surface area contributed by atoms with Crippen LogP contribution < -0.4 is 14.4 Å². The van der Waals surface area contributed by atoms with Crippen molar-refractivity contribution in [1.29, 1.82) is 0 Å². The number of amides is 1. The average molecular weight is 404 g/mol. The number of Topliss-reactive ketones (excluding diaryl/α,β-unsaturated/α-hetero) is 1. The molecule has 8 nitrogen and oxygen atoms in total. The number of aromatic nitrogens is 1. The van der Waals surface area contributed by atoms with Crippen LogP contribution in [0.5, 0.6) is 11.5 Å². The highest BCUT2D eigenvalue weighted by Gasteiger charge is 2.48. The highest BCUT2D eigenvalue weighted by molar-refractivity contribution is 6.51. The number of carbonyl (C=O) groups excluding carboxylic acids is 2. The van der Waals surface area contributed by atoms with E-state index >= 15 is 0 Å². The fourth-order valence-corrected chi connectivity index (χ4v) is 3.66. The van der Waals surface area contributed by atoms with E-state index in [0.717, 1.165) is 0 Å². The van der Waals surface area contributed by atoms with Crippen LogP contribution in [0.3, 0.4) is 0 Å². The van der Waals surface area contributed by atoms with Gasteiger partial charge >= 0.3 is 0 Å². The monoisotopic (exact) mass is 404 g/mol. The van der Waals surface area contributed by atoms with Crippen molar-refractivity contribution in [3.63, 3.8) is 0 Å². The van der Waals surface area contributed by atoms with Crippen LogP contribution in [-0.4, -0.2) is 35.0 Å². The molecule has 0 saturated carbocycles. The van der Waals surface area contributed by atoms with Gasteiger partial charge in [-0.15, -0.1) is 0 Å². The first kappa shape index (κ1) is 18.0. The third kappa shape index (κ3) is 2.81. The van der Waals surface area contributed by atoms with Crippen molar-refractivity contribution >= 4 is 23.1 Å². The molecule has 2 aliphatic heterocycles. The van der Waals surface area contributed by atoms with Crippen LogP contribution in [0.2, 0.25) is 0 Å². The molecule has 1 atom stereocenters. The van der Waals surface area contributed by atoms with Gasteiger partial charge < -0.3 is 19.0 Å². The Bertz CT molecular complexity index is 1150. The summed E-state index contributed by atoms with van der Waals surface area (Å²) in [5, 5.41) is 10.9. The first-order valence-corrected chi connectivity index (χ1v) is 9.29. The second kappa shape index (κ2) is 7.07. The summed E-state index contributed by atoms with van der Waals surface area (Å²) < 4.78 is 16.7. The molecule has 1 N–H and O–H groups in total. The quantitative estimate of drug-likeness (QED) is 0.407. The van der Waals surface area contributed by atoms with E-state index < -0.39 is 17.7 Å². The summed E-state index contributed by atoms with van der Waals surface area (Å²) in [5.74, 6) is -0.484. The minimum Gasteiger partial charge on any atom is -0.507 e. The minimum atomic E-state index is -0.935. The van der Waals surface area contributed by atoms with E-state index in [9.17, 15) is 14.7 Å². The van der Waals surface area contributed by atoms with Crippen LogP contribution in [0.25, 0.3) is 5.76 Å². The average Bonchev–Trinajstić information content (AvgIpc) is 3.41. The number of aliphatic hydroxyl groups excluding tert-OH is 1. The van der Waals surface area contributed by atoms with E-state index in [1.54, 1.807) is 42.5 Å². The standard InChI is InChI=1S/C22H16N2O6/c25-20(13-5-7-23-8-6-13)18-19(16-2-1-9-28-16)24(22(27)21(18)26)14-3-4-15-17(12-14)30-11-10-29-15/h1-9,12,19,25H,10-11H2/b20-18-. The molecule has 2 aromatic heterocycles. The van der Waals surface area contributed by atoms with Crippen molar-refractivity contribution in [2.24, 2.45) is 0 Å². The molecule has 5 rings (SSSR count). The molecule has 3 aromatic rings. The van der Waals surface area contributed by atoms with Gasteiger partial charge in [-0.25, -0.2) is 0 Å². The summed E-state index contributed by atoms with van der Waals surface area (Å²) in [7, 11) is 0. The Morgan fingerprint density at radius 2 is 1.80 bits per heavy atom. The molecule has 0 spiro atoms. The van der Waals surface area contributed by atoms with Gasteiger partial charge in [0.15, 0.2) is 11.5 Å². The first-order valence-electron chi connectivity index (χ1n) is 9.29. The molecule has 30 heavy (non-hydrogen) atoms. The molecule has 0 aliphatic carbocycles. The molecule has 4 heterocycles. The summed E-state index contributed by atoms with van der Waals surface area (Å²) in [5.41, 5.74) is 0.745. The normalized spacial score (nSPS) is 19.9. The van der Waals surface area contributed by atoms with E-state index in [1.165, 1.54) is 23.6 Å². The zero-order valence-electron chi connectivity index (χ0n) is 15.6. The van der Waals surface area contributed by atoms with Gasteiger partial charge in [0.05, 0.1) is 11.8 Å². The number of fused-ring (bicyclic) bond motifs is 1. The summed E-state index contributed by atoms with van der Waals surface area (Å²) in [6.07, 6.45) is 4.44. The highest BCUT2D eigenvalue weighted by Crippen LogP contribution is 2.44. The lowest BCUT2D eigenvalue weighted by Crippen LogP contribution is -2.29. The number of hydrogen-bond donors (Lipinski definition) is 1. The lowest BCUT2D eigenvalue weighted by atomic mass is 9.99. The molecule has 1 unspecified atom stereocenters. The van der Waals surface area contributed by atoms with Gasteiger partial charge in [0.25, 0.3) is 11.7 Å². The van der Waals surface area contributed by atoms with Crippen LogP contribution in [0.15, 0.2) is 71.1 Å². The maximum absolute atomic E-state index is 13.0. The van der Waals surface area contributed by atoms with Gasteiger partial charge in [0.2, 0.25) is 0 Å². The van der Waals surface area contributed by atoms with Crippen molar-refractivity contribution in [1.82, 2.24) is 4.98 Å². The van der Waals surface area contributed by atoms with Gasteiger partial charge in [0.1, 0.15) is 30.8 Å². The molecule has 1 aromatic carbocycles. The molecular weight excluding hydrogens is 388 g/mol. The van der Waals surface area contributed by atoms with Gasteiger partial charge in [0, 0.05) is 29.7 Å². The molecule has 8 heteroatoms. The number of nitrogens with zero attached hydrogens (tertiary/aromatic N) is 2. The Morgan fingerprint density at radius 1 is 1.03 bits per heavy atom. The predicted octanol–water partition coefficient (Wildman–Crippen LogP) is 3.07. The zero-order valence-corrected chi connectivity index (χ0v) is 15.6. The third-order valence-electron chi connectivity index (χ3n) is 5.01. The Labute approximate surface area is 171 Å². The number of ether oxygens (including phenoxy) is 2. The maximum atomic E-state index is 13.0. The number of rotatable bonds is 3. The summed E-state index contributed by atoms with van der Waals surface area (Å²) in [4.78, 5) is 31.2. The molecule has 1 saturated heterocycles. The van der Waals surface area contributed by atoms with E-state index in [4.69, 9.17) is 13.9 Å². The van der Waals surface area contributed by atoms with Crippen LogP contribution in [0, 0.1) is 0 Å². The number of carbonyl (C=O) groups is 2. The lowest BCUT2D eigenvalue weighted by Gasteiger charge is -2.25. The van der Waals surface area contributed by atoms with Crippen LogP contribution in [0.4, 0.5) is 5.69 Å². The van der Waals surface area contributed by atoms with E-state index in [-0.39, 0.29) is 11.3 Å². The maximum Gasteiger partial charge on any atom is 0.300 e. The minimum absolute atomic E-state index is 0.0592. The molecule has 1 fully saturated rings. The Kier molecular flexibility index (Phi) is 4.24. The molecule has 2 aliphatic rings. The fraction of sp³-hybridized carbons (Fsp3) is 0.136. The van der Waals surface area contributed by atoms with Gasteiger partial charge in [-0.2, -0.15) is 0 Å². The number of pyridine rings is 1. The van der Waals surface area contributed by atoms with Crippen LogP contribution in [-0.2, 0) is 9.59 Å². The lowest BCUT2D eigenvalue weighted by molar-refractivity contribution is -0.132. The number of benzene rings is 1. The van der Waals surface area contributed by atoms with E-state index in [0.29, 0.717) is 41.7 Å². The van der Waals surface area contributed by atoms with Crippen LogP contribution >= 0.6 is 0 Å². The Balaban J connectivity index is 1.68. The third-order valence-corrected chi connectivity index (χ3v) is 5.01. The Morgan fingerprint density at radius 3 is 2.53 bits per heavy atom. The number of furan rings is 1. The highest BCUT2D eigenvalue weighted by atomic mass is 16.6. The van der Waals surface area contributed by atoms with Crippen molar-refractivity contribution < 1.29 is 28.6 Å². The molecule has 1 amide bonds. The number of hydrogen-bond acceptors (Lipinski definition) is 7. The first-order chi connectivity index (χ1) is 14.6. The van der Waals surface area contributed by atoms with Gasteiger partial charge in [-0.05, 0) is 36.4 Å².